The Hall–Kier alpha value is -1.23. The van der Waals surface area contributed by atoms with Crippen LogP contribution < -0.4 is 9.47 Å². The number of rotatable bonds is 4. The highest BCUT2D eigenvalue weighted by atomic mass is 35.5. The van der Waals surface area contributed by atoms with Gasteiger partial charge in [-0.05, 0) is 29.8 Å². The van der Waals surface area contributed by atoms with Crippen LogP contribution in [-0.4, -0.2) is 14.2 Å². The van der Waals surface area contributed by atoms with Crippen LogP contribution >= 0.6 is 36.9 Å². The van der Waals surface area contributed by atoms with E-state index in [4.69, 9.17) is 21.1 Å². The molecule has 0 aliphatic heterocycles. The van der Waals surface area contributed by atoms with Crippen molar-refractivity contribution in [2.75, 3.05) is 14.2 Å². The van der Waals surface area contributed by atoms with Crippen molar-refractivity contribution in [2.45, 2.75) is 0 Å². The normalized spacial score (nSPS) is 11.9. The fourth-order valence-corrected chi connectivity index (χ4v) is 2.78. The molecular weight excluding hydrogens is 324 g/mol. The predicted molar refractivity (Wildman–Crippen MR) is 95.8 cm³/mol. The number of benzene rings is 2. The standard InChI is InChI=1S/C16H15ClO2S2/c1-18-13-8-7-10(9-14(13)19-2)15(20)16(21)11-5-3-4-6-12(11)17/h3-9,20-21H,1-2H3/b16-15-. The van der Waals surface area contributed by atoms with Crippen LogP contribution in [0.5, 0.6) is 11.5 Å². The van der Waals surface area contributed by atoms with Gasteiger partial charge in [0.25, 0.3) is 0 Å². The second-order valence-electron chi connectivity index (χ2n) is 4.25. The van der Waals surface area contributed by atoms with Crippen LogP contribution in [0.4, 0.5) is 0 Å². The fraction of sp³-hybridized carbons (Fsp3) is 0.125. The summed E-state index contributed by atoms with van der Waals surface area (Å²) in [5.41, 5.74) is 1.71. The summed E-state index contributed by atoms with van der Waals surface area (Å²) >= 11 is 15.3. The minimum Gasteiger partial charge on any atom is -0.493 e. The van der Waals surface area contributed by atoms with Crippen LogP contribution in [0.1, 0.15) is 11.1 Å². The van der Waals surface area contributed by atoms with Gasteiger partial charge in [0.1, 0.15) is 0 Å². The molecule has 0 aliphatic rings. The number of halogens is 1. The zero-order valence-electron chi connectivity index (χ0n) is 11.6. The van der Waals surface area contributed by atoms with Gasteiger partial charge in [-0.15, -0.1) is 25.3 Å². The van der Waals surface area contributed by atoms with Crippen molar-refractivity contribution in [3.63, 3.8) is 0 Å². The van der Waals surface area contributed by atoms with Crippen LogP contribution in [0.2, 0.25) is 5.02 Å². The van der Waals surface area contributed by atoms with E-state index in [0.717, 1.165) is 11.1 Å². The molecule has 5 heteroatoms. The van der Waals surface area contributed by atoms with Gasteiger partial charge in [0.05, 0.1) is 14.2 Å². The van der Waals surface area contributed by atoms with Gasteiger partial charge in [-0.1, -0.05) is 29.8 Å². The van der Waals surface area contributed by atoms with Crippen molar-refractivity contribution in [1.82, 2.24) is 0 Å². The van der Waals surface area contributed by atoms with Crippen molar-refractivity contribution in [3.05, 3.63) is 58.6 Å². The van der Waals surface area contributed by atoms with Crippen LogP contribution in [0.15, 0.2) is 42.5 Å². The van der Waals surface area contributed by atoms with Crippen molar-refractivity contribution >= 4 is 46.7 Å². The summed E-state index contributed by atoms with van der Waals surface area (Å²) in [6.07, 6.45) is 0. The van der Waals surface area contributed by atoms with Gasteiger partial charge in [-0.25, -0.2) is 0 Å². The summed E-state index contributed by atoms with van der Waals surface area (Å²) in [4.78, 5) is 1.42. The van der Waals surface area contributed by atoms with Gasteiger partial charge in [0.2, 0.25) is 0 Å². The molecule has 0 saturated carbocycles. The minimum absolute atomic E-state index is 0.634. The first-order chi connectivity index (χ1) is 10.1. The highest BCUT2D eigenvalue weighted by Crippen LogP contribution is 2.38. The maximum Gasteiger partial charge on any atom is 0.161 e. The van der Waals surface area contributed by atoms with E-state index >= 15 is 0 Å². The molecule has 2 aromatic rings. The monoisotopic (exact) mass is 338 g/mol. The average molecular weight is 339 g/mol. The first kappa shape index (κ1) is 16.1. The maximum atomic E-state index is 6.20. The largest absolute Gasteiger partial charge is 0.493 e. The summed E-state index contributed by atoms with van der Waals surface area (Å²) in [5, 5.41) is 0.634. The molecule has 0 saturated heterocycles. The van der Waals surface area contributed by atoms with Gasteiger partial charge in [-0.2, -0.15) is 0 Å². The molecule has 2 aromatic carbocycles. The lowest BCUT2D eigenvalue weighted by Gasteiger charge is -2.12. The Bertz CT molecular complexity index is 684. The Morgan fingerprint density at radius 3 is 2.19 bits per heavy atom. The van der Waals surface area contributed by atoms with Gasteiger partial charge < -0.3 is 9.47 Å². The summed E-state index contributed by atoms with van der Waals surface area (Å²) in [6.45, 7) is 0. The van der Waals surface area contributed by atoms with Gasteiger partial charge in [0.15, 0.2) is 11.5 Å². The topological polar surface area (TPSA) is 18.5 Å². The molecule has 0 spiro atoms. The number of hydrogen-bond acceptors (Lipinski definition) is 4. The van der Waals surface area contributed by atoms with E-state index in [-0.39, 0.29) is 0 Å². The second kappa shape index (κ2) is 7.16. The van der Waals surface area contributed by atoms with E-state index in [0.29, 0.717) is 26.3 Å². The summed E-state index contributed by atoms with van der Waals surface area (Å²) in [5.74, 6) is 1.31. The molecule has 0 atom stereocenters. The van der Waals surface area contributed by atoms with Crippen molar-refractivity contribution in [1.29, 1.82) is 0 Å². The second-order valence-corrected chi connectivity index (χ2v) is 5.55. The van der Waals surface area contributed by atoms with E-state index in [1.165, 1.54) is 0 Å². The molecule has 0 amide bonds. The lowest BCUT2D eigenvalue weighted by molar-refractivity contribution is 0.355. The molecule has 2 rings (SSSR count). The quantitative estimate of drug-likeness (QED) is 0.601. The molecule has 0 heterocycles. The summed E-state index contributed by atoms with van der Waals surface area (Å²) in [6, 6.07) is 13.1. The Morgan fingerprint density at radius 2 is 1.57 bits per heavy atom. The molecule has 0 aromatic heterocycles. The van der Waals surface area contributed by atoms with Gasteiger partial charge in [0, 0.05) is 20.4 Å². The number of methoxy groups -OCH3 is 2. The summed E-state index contributed by atoms with van der Waals surface area (Å²) < 4.78 is 10.5. The third kappa shape index (κ3) is 3.51. The summed E-state index contributed by atoms with van der Waals surface area (Å²) in [7, 11) is 3.20. The molecule has 2 nitrogen and oxygen atoms in total. The first-order valence-corrected chi connectivity index (χ1v) is 7.45. The molecule has 0 fully saturated rings. The highest BCUT2D eigenvalue weighted by molar-refractivity contribution is 7.96. The minimum atomic E-state index is 0.634. The van der Waals surface area contributed by atoms with Crippen molar-refractivity contribution in [2.24, 2.45) is 0 Å². The maximum absolute atomic E-state index is 6.20. The van der Waals surface area contributed by atoms with Gasteiger partial charge >= 0.3 is 0 Å². The third-order valence-electron chi connectivity index (χ3n) is 3.01. The molecule has 0 radical (unpaired) electrons. The molecular formula is C16H15ClO2S2. The molecule has 110 valence electrons. The van der Waals surface area contributed by atoms with Crippen molar-refractivity contribution in [3.8, 4) is 11.5 Å². The van der Waals surface area contributed by atoms with Crippen LogP contribution in [0.25, 0.3) is 9.81 Å². The average Bonchev–Trinajstić information content (AvgIpc) is 2.53. The Balaban J connectivity index is 2.50. The zero-order valence-corrected chi connectivity index (χ0v) is 14.2. The Labute approximate surface area is 140 Å². The van der Waals surface area contributed by atoms with E-state index in [1.807, 2.05) is 42.5 Å². The molecule has 0 N–H and O–H groups in total. The Kier molecular flexibility index (Phi) is 5.51. The number of hydrogen-bond donors (Lipinski definition) is 2. The van der Waals surface area contributed by atoms with Gasteiger partial charge in [-0.3, -0.25) is 0 Å². The Morgan fingerprint density at radius 1 is 0.905 bits per heavy atom. The lowest BCUT2D eigenvalue weighted by atomic mass is 10.1. The fourth-order valence-electron chi connectivity index (χ4n) is 1.90. The molecule has 0 aliphatic carbocycles. The molecule has 0 unspecified atom stereocenters. The van der Waals surface area contributed by atoms with Crippen LogP contribution in [0.3, 0.4) is 0 Å². The lowest BCUT2D eigenvalue weighted by Crippen LogP contribution is -1.92. The predicted octanol–water partition coefficient (Wildman–Crippen LogP) is 5.04. The van der Waals surface area contributed by atoms with Crippen LogP contribution in [0, 0.1) is 0 Å². The van der Waals surface area contributed by atoms with E-state index in [2.05, 4.69) is 25.3 Å². The zero-order chi connectivity index (χ0) is 15.4. The van der Waals surface area contributed by atoms with E-state index < -0.39 is 0 Å². The SMILES string of the molecule is COc1ccc(/C(S)=C(/S)c2ccccc2Cl)cc1OC. The third-order valence-corrected chi connectivity index (χ3v) is 4.46. The number of thiol groups is 2. The number of ether oxygens (including phenoxy) is 2. The van der Waals surface area contributed by atoms with Crippen molar-refractivity contribution < 1.29 is 9.47 Å². The smallest absolute Gasteiger partial charge is 0.161 e. The highest BCUT2D eigenvalue weighted by Gasteiger charge is 2.11. The first-order valence-electron chi connectivity index (χ1n) is 6.18. The molecule has 21 heavy (non-hydrogen) atoms. The van der Waals surface area contributed by atoms with Crippen LogP contribution in [-0.2, 0) is 0 Å². The molecule has 0 bridgehead atoms. The van der Waals surface area contributed by atoms with E-state index in [9.17, 15) is 0 Å². The van der Waals surface area contributed by atoms with E-state index in [1.54, 1.807) is 14.2 Å².